The SMILES string of the molecule is CNC(=O)c1ccc(CNC(=O)Cc2ccc(Cl)c(Cl)c2)cc1. The van der Waals surface area contributed by atoms with E-state index in [2.05, 4.69) is 10.6 Å². The van der Waals surface area contributed by atoms with Gasteiger partial charge >= 0.3 is 0 Å². The van der Waals surface area contributed by atoms with Crippen LogP contribution >= 0.6 is 23.2 Å². The Bertz CT molecular complexity index is 715. The molecule has 0 unspecified atom stereocenters. The number of carbonyl (C=O) groups excluding carboxylic acids is 2. The van der Waals surface area contributed by atoms with Gasteiger partial charge in [-0.2, -0.15) is 0 Å². The number of hydrogen-bond donors (Lipinski definition) is 2. The maximum absolute atomic E-state index is 12.0. The highest BCUT2D eigenvalue weighted by molar-refractivity contribution is 6.42. The Hall–Kier alpha value is -2.04. The average Bonchev–Trinajstić information content (AvgIpc) is 2.56. The summed E-state index contributed by atoms with van der Waals surface area (Å²) in [6.07, 6.45) is 0.229. The van der Waals surface area contributed by atoms with Gasteiger partial charge in [0.25, 0.3) is 5.91 Å². The molecule has 0 aromatic heterocycles. The third-order valence-corrected chi connectivity index (χ3v) is 4.02. The lowest BCUT2D eigenvalue weighted by atomic mass is 10.1. The van der Waals surface area contributed by atoms with Crippen molar-refractivity contribution in [3.63, 3.8) is 0 Å². The Labute approximate surface area is 144 Å². The molecule has 0 fully saturated rings. The number of carbonyl (C=O) groups is 2. The van der Waals surface area contributed by atoms with Crippen LogP contribution in [-0.4, -0.2) is 18.9 Å². The van der Waals surface area contributed by atoms with Crippen molar-refractivity contribution < 1.29 is 9.59 Å². The van der Waals surface area contributed by atoms with Crippen LogP contribution in [0.4, 0.5) is 0 Å². The number of halogens is 2. The van der Waals surface area contributed by atoms with Crippen LogP contribution < -0.4 is 10.6 Å². The summed E-state index contributed by atoms with van der Waals surface area (Å²) in [4.78, 5) is 23.4. The van der Waals surface area contributed by atoms with Gasteiger partial charge in [0.2, 0.25) is 5.91 Å². The number of nitrogens with one attached hydrogen (secondary N) is 2. The van der Waals surface area contributed by atoms with Crippen molar-refractivity contribution in [1.29, 1.82) is 0 Å². The van der Waals surface area contributed by atoms with Gasteiger partial charge in [-0.25, -0.2) is 0 Å². The van der Waals surface area contributed by atoms with Crippen molar-refractivity contribution in [2.24, 2.45) is 0 Å². The standard InChI is InChI=1S/C17H16Cl2N2O2/c1-20-17(23)13-5-2-11(3-6-13)10-21-16(22)9-12-4-7-14(18)15(19)8-12/h2-8H,9-10H2,1H3,(H,20,23)(H,21,22). The quantitative estimate of drug-likeness (QED) is 0.869. The summed E-state index contributed by atoms with van der Waals surface area (Å²) in [6.45, 7) is 0.397. The number of benzene rings is 2. The minimum Gasteiger partial charge on any atom is -0.355 e. The summed E-state index contributed by atoms with van der Waals surface area (Å²) in [6, 6.07) is 12.2. The number of rotatable bonds is 5. The van der Waals surface area contributed by atoms with Gasteiger partial charge in [-0.15, -0.1) is 0 Å². The van der Waals surface area contributed by atoms with Crippen LogP contribution in [0, 0.1) is 0 Å². The van der Waals surface area contributed by atoms with Gasteiger partial charge < -0.3 is 10.6 Å². The molecule has 0 spiro atoms. The smallest absolute Gasteiger partial charge is 0.251 e. The molecule has 4 nitrogen and oxygen atoms in total. The van der Waals surface area contributed by atoms with Gasteiger partial charge in [0.05, 0.1) is 16.5 Å². The van der Waals surface area contributed by atoms with Crippen LogP contribution in [0.2, 0.25) is 10.0 Å². The molecule has 2 aromatic carbocycles. The molecule has 0 aliphatic rings. The first-order valence-electron chi connectivity index (χ1n) is 7.01. The first-order valence-corrected chi connectivity index (χ1v) is 7.77. The van der Waals surface area contributed by atoms with E-state index in [1.165, 1.54) is 0 Å². The van der Waals surface area contributed by atoms with Gasteiger partial charge in [-0.05, 0) is 35.4 Å². The Balaban J connectivity index is 1.88. The molecule has 0 aliphatic heterocycles. The fourth-order valence-electron chi connectivity index (χ4n) is 2.02. The van der Waals surface area contributed by atoms with E-state index in [9.17, 15) is 9.59 Å². The molecule has 2 aromatic rings. The maximum atomic E-state index is 12.0. The molecule has 2 N–H and O–H groups in total. The zero-order chi connectivity index (χ0) is 16.8. The van der Waals surface area contributed by atoms with Crippen LogP contribution in [0.1, 0.15) is 21.5 Å². The lowest BCUT2D eigenvalue weighted by Crippen LogP contribution is -2.24. The Morgan fingerprint density at radius 1 is 0.957 bits per heavy atom. The van der Waals surface area contributed by atoms with E-state index < -0.39 is 0 Å². The van der Waals surface area contributed by atoms with Crippen LogP contribution in [0.5, 0.6) is 0 Å². The molecule has 2 rings (SSSR count). The molecule has 0 radical (unpaired) electrons. The van der Waals surface area contributed by atoms with E-state index in [0.29, 0.717) is 22.2 Å². The molecule has 0 saturated carbocycles. The van der Waals surface area contributed by atoms with Gasteiger partial charge in [-0.3, -0.25) is 9.59 Å². The monoisotopic (exact) mass is 350 g/mol. The summed E-state index contributed by atoms with van der Waals surface area (Å²) in [5.41, 5.74) is 2.30. The average molecular weight is 351 g/mol. The molecular weight excluding hydrogens is 335 g/mol. The molecule has 0 aliphatic carbocycles. The lowest BCUT2D eigenvalue weighted by Gasteiger charge is -2.07. The van der Waals surface area contributed by atoms with E-state index in [-0.39, 0.29) is 18.2 Å². The third kappa shape index (κ3) is 4.98. The molecule has 0 atom stereocenters. The van der Waals surface area contributed by atoms with Crippen molar-refractivity contribution in [1.82, 2.24) is 10.6 Å². The van der Waals surface area contributed by atoms with E-state index in [0.717, 1.165) is 11.1 Å². The Morgan fingerprint density at radius 3 is 2.22 bits per heavy atom. The van der Waals surface area contributed by atoms with Gasteiger partial charge in [-0.1, -0.05) is 41.4 Å². The van der Waals surface area contributed by atoms with Crippen LogP contribution in [0.25, 0.3) is 0 Å². The topological polar surface area (TPSA) is 58.2 Å². The first kappa shape index (κ1) is 17.3. The van der Waals surface area contributed by atoms with Crippen molar-refractivity contribution in [3.8, 4) is 0 Å². The van der Waals surface area contributed by atoms with Crippen molar-refractivity contribution in [2.45, 2.75) is 13.0 Å². The second-order valence-corrected chi connectivity index (χ2v) is 5.79. The van der Waals surface area contributed by atoms with Crippen LogP contribution in [0.3, 0.4) is 0 Å². The zero-order valence-electron chi connectivity index (χ0n) is 12.5. The first-order chi connectivity index (χ1) is 11.0. The Morgan fingerprint density at radius 2 is 1.61 bits per heavy atom. The molecule has 6 heteroatoms. The van der Waals surface area contributed by atoms with Crippen molar-refractivity contribution >= 4 is 35.0 Å². The summed E-state index contributed by atoms with van der Waals surface area (Å²) >= 11 is 11.8. The van der Waals surface area contributed by atoms with E-state index in [4.69, 9.17) is 23.2 Å². The fraction of sp³-hybridized carbons (Fsp3) is 0.176. The number of amides is 2. The minimum absolute atomic E-state index is 0.112. The predicted octanol–water partition coefficient (Wildman–Crippen LogP) is 3.21. The summed E-state index contributed by atoms with van der Waals surface area (Å²) in [5.74, 6) is -0.251. The highest BCUT2D eigenvalue weighted by Gasteiger charge is 2.07. The van der Waals surface area contributed by atoms with Gasteiger partial charge in [0.15, 0.2) is 0 Å². The second kappa shape index (κ2) is 7.99. The molecule has 0 heterocycles. The highest BCUT2D eigenvalue weighted by atomic mass is 35.5. The van der Waals surface area contributed by atoms with Gasteiger partial charge in [0.1, 0.15) is 0 Å². The van der Waals surface area contributed by atoms with Gasteiger partial charge in [0, 0.05) is 19.2 Å². The molecule has 0 saturated heterocycles. The van der Waals surface area contributed by atoms with Crippen molar-refractivity contribution in [3.05, 3.63) is 69.2 Å². The Kier molecular flexibility index (Phi) is 6.02. The van der Waals surface area contributed by atoms with E-state index >= 15 is 0 Å². The maximum Gasteiger partial charge on any atom is 0.251 e. The molecule has 2 amide bonds. The number of hydrogen-bond acceptors (Lipinski definition) is 2. The minimum atomic E-state index is -0.139. The lowest BCUT2D eigenvalue weighted by molar-refractivity contribution is -0.120. The van der Waals surface area contributed by atoms with E-state index in [1.807, 2.05) is 12.1 Å². The van der Waals surface area contributed by atoms with Crippen molar-refractivity contribution in [2.75, 3.05) is 7.05 Å². The van der Waals surface area contributed by atoms with E-state index in [1.54, 1.807) is 37.4 Å². The largest absolute Gasteiger partial charge is 0.355 e. The third-order valence-electron chi connectivity index (χ3n) is 3.28. The summed E-state index contributed by atoms with van der Waals surface area (Å²) in [5, 5.41) is 6.28. The molecule has 120 valence electrons. The van der Waals surface area contributed by atoms with Crippen LogP contribution in [-0.2, 0) is 17.8 Å². The molecule has 0 bridgehead atoms. The normalized spacial score (nSPS) is 10.2. The molecule has 23 heavy (non-hydrogen) atoms. The summed E-state index contributed by atoms with van der Waals surface area (Å²) < 4.78 is 0. The zero-order valence-corrected chi connectivity index (χ0v) is 14.0. The van der Waals surface area contributed by atoms with Crippen LogP contribution in [0.15, 0.2) is 42.5 Å². The predicted molar refractivity (Wildman–Crippen MR) is 91.8 cm³/mol. The molecular formula is C17H16Cl2N2O2. The highest BCUT2D eigenvalue weighted by Crippen LogP contribution is 2.22. The second-order valence-electron chi connectivity index (χ2n) is 4.98. The summed E-state index contributed by atoms with van der Waals surface area (Å²) in [7, 11) is 1.58. The fourth-order valence-corrected chi connectivity index (χ4v) is 2.34.